The number of carbonyl (C=O) groups is 1. The molecule has 3 heterocycles. The molecule has 1 aliphatic heterocycles. The fourth-order valence-corrected chi connectivity index (χ4v) is 10.9. The second-order valence-electron chi connectivity index (χ2n) is 21.2. The molecule has 0 bridgehead atoms. The molecule has 0 aliphatic carbocycles. The number of anilines is 6. The molecule has 8 aromatic carbocycles. The molecule has 1 amide bonds. The van der Waals surface area contributed by atoms with E-state index in [-0.39, 0.29) is 30.2 Å². The van der Waals surface area contributed by atoms with Crippen molar-refractivity contribution >= 4 is 62.6 Å². The van der Waals surface area contributed by atoms with Crippen molar-refractivity contribution < 1.29 is 15.0 Å². The van der Waals surface area contributed by atoms with Crippen molar-refractivity contribution in [1.82, 2.24) is 24.8 Å². The molecule has 2 atom stereocenters. The van der Waals surface area contributed by atoms with Crippen molar-refractivity contribution in [3.8, 4) is 16.9 Å². The second kappa shape index (κ2) is 22.5. The van der Waals surface area contributed by atoms with Gasteiger partial charge in [-0.25, -0.2) is 9.97 Å². The number of hydrogen-bond acceptors (Lipinski definition) is 11. The lowest BCUT2D eigenvalue weighted by Gasteiger charge is -2.39. The zero-order valence-corrected chi connectivity index (χ0v) is 45.5. The van der Waals surface area contributed by atoms with Crippen LogP contribution in [0.1, 0.15) is 101 Å². The minimum absolute atomic E-state index is 0.0334. The third-order valence-electron chi connectivity index (χ3n) is 15.1. The van der Waals surface area contributed by atoms with Crippen LogP contribution in [-0.4, -0.2) is 68.1 Å². The molecule has 0 spiro atoms. The number of phenolic OH excluding ortho intramolecular Hbond substituents is 1. The van der Waals surface area contributed by atoms with Crippen molar-refractivity contribution in [2.45, 2.75) is 64.6 Å². The van der Waals surface area contributed by atoms with Gasteiger partial charge in [0.05, 0.1) is 29.7 Å². The summed E-state index contributed by atoms with van der Waals surface area (Å²) in [5, 5.41) is 30.1. The second-order valence-corrected chi connectivity index (χ2v) is 21.2. The smallest absolute Gasteiger partial charge is 0.254 e. The number of aromatic hydroxyl groups is 1. The highest BCUT2D eigenvalue weighted by Crippen LogP contribution is 2.40. The molecule has 4 N–H and O–H groups in total. The maximum absolute atomic E-state index is 15.1. The lowest BCUT2D eigenvalue weighted by Crippen LogP contribution is -2.41. The number of nitrogens with one attached hydrogen (secondary N) is 2. The number of amides is 1. The number of benzene rings is 8. The predicted octanol–water partition coefficient (Wildman–Crippen LogP) is 14.3. The monoisotopic (exact) mass is 1040 g/mol. The standard InChI is InChI=1S/C67H65N9O3/c1-42(2)51-19-11-14-24-57(51)68-63-55-22-12-15-25-58(55)70-66(72-63)74(5)40-49-18-8-10-21-54(49)62-53-20-9-7-17-45(53)37-38-76(62)65(79)47-29-27-44(28-30-47)48-33-36-52(43(3)4)60(39-48)69-64-56-23-13-16-26-59(56)71-67(73-64)75(6)41-61(78)46-31-34-50(77)35-32-46/h7-36,39,42-43,61-62,77-78H,37-38,40-41H2,1-6H3,(H,68,70,72)(H,69,71,73). The summed E-state index contributed by atoms with van der Waals surface area (Å²) in [7, 11) is 3.89. The number of rotatable bonds is 16. The molecule has 0 saturated carbocycles. The SMILES string of the molecule is CC(C)c1ccccc1Nc1nc(N(C)Cc2ccccc2C2c3ccccc3CCN2C(=O)c2ccc(-c3ccc(C(C)C)c(Nc4nc(N(C)CC(O)c5ccc(O)cc5)nc5ccccc45)c3)cc2)nc2ccccc12. The highest BCUT2D eigenvalue weighted by atomic mass is 16.3. The van der Waals surface area contributed by atoms with Gasteiger partial charge in [0.2, 0.25) is 11.9 Å². The van der Waals surface area contributed by atoms with Gasteiger partial charge in [-0.3, -0.25) is 4.79 Å². The van der Waals surface area contributed by atoms with Gasteiger partial charge >= 0.3 is 0 Å². The Kier molecular flexibility index (Phi) is 14.8. The summed E-state index contributed by atoms with van der Waals surface area (Å²) in [5.41, 5.74) is 13.6. The number of para-hydroxylation sites is 3. The first-order chi connectivity index (χ1) is 38.4. The molecule has 0 fully saturated rings. The van der Waals surface area contributed by atoms with Gasteiger partial charge in [-0.15, -0.1) is 0 Å². The topological polar surface area (TPSA) is 143 Å². The van der Waals surface area contributed by atoms with E-state index in [1.165, 1.54) is 11.1 Å². The van der Waals surface area contributed by atoms with E-state index in [0.717, 1.165) is 78.8 Å². The molecule has 1 aliphatic rings. The summed E-state index contributed by atoms with van der Waals surface area (Å²) in [4.78, 5) is 41.3. The number of phenols is 1. The zero-order valence-electron chi connectivity index (χ0n) is 45.5. The average molecular weight is 1040 g/mol. The summed E-state index contributed by atoms with van der Waals surface area (Å²) in [6.07, 6.45) is -0.0802. The number of aliphatic hydroxyl groups is 1. The molecule has 0 radical (unpaired) electrons. The van der Waals surface area contributed by atoms with Gasteiger partial charge in [0.15, 0.2) is 0 Å². The van der Waals surface area contributed by atoms with E-state index in [0.29, 0.717) is 47.8 Å². The Balaban J connectivity index is 0.869. The Bertz CT molecular complexity index is 3830. The van der Waals surface area contributed by atoms with Crippen LogP contribution in [0.3, 0.4) is 0 Å². The van der Waals surface area contributed by atoms with Gasteiger partial charge in [-0.05, 0) is 129 Å². The lowest BCUT2D eigenvalue weighted by atomic mass is 9.85. The van der Waals surface area contributed by atoms with E-state index in [1.807, 2.05) is 96.7 Å². The number of likely N-dealkylation sites (N-methyl/N-ethyl adjacent to an activating group) is 1. The van der Waals surface area contributed by atoms with Gasteiger partial charge in [-0.2, -0.15) is 9.97 Å². The van der Waals surface area contributed by atoms with Crippen LogP contribution >= 0.6 is 0 Å². The minimum Gasteiger partial charge on any atom is -0.508 e. The van der Waals surface area contributed by atoms with Crippen LogP contribution in [0.2, 0.25) is 0 Å². The third kappa shape index (κ3) is 10.9. The molecular formula is C67H65N9O3. The maximum Gasteiger partial charge on any atom is 0.254 e. The van der Waals surface area contributed by atoms with E-state index in [2.05, 4.69) is 134 Å². The molecule has 12 nitrogen and oxygen atoms in total. The van der Waals surface area contributed by atoms with Crippen LogP contribution in [0, 0.1) is 0 Å². The van der Waals surface area contributed by atoms with E-state index >= 15 is 4.79 Å². The van der Waals surface area contributed by atoms with Crippen LogP contribution in [0.5, 0.6) is 5.75 Å². The van der Waals surface area contributed by atoms with Crippen molar-refractivity contribution in [2.75, 3.05) is 47.6 Å². The van der Waals surface area contributed by atoms with Crippen LogP contribution < -0.4 is 20.4 Å². The van der Waals surface area contributed by atoms with Gasteiger partial charge in [0, 0.05) is 54.9 Å². The first-order valence-corrected chi connectivity index (χ1v) is 27.1. The summed E-state index contributed by atoms with van der Waals surface area (Å²) >= 11 is 0. The van der Waals surface area contributed by atoms with Crippen LogP contribution in [-0.2, 0) is 13.0 Å². The van der Waals surface area contributed by atoms with E-state index < -0.39 is 6.10 Å². The fourth-order valence-electron chi connectivity index (χ4n) is 10.9. The Morgan fingerprint density at radius 2 is 1.15 bits per heavy atom. The molecule has 396 valence electrons. The molecular weight excluding hydrogens is 979 g/mol. The Labute approximate surface area is 462 Å². The average Bonchev–Trinajstić information content (AvgIpc) is 3.56. The van der Waals surface area contributed by atoms with Gasteiger partial charge in [0.25, 0.3) is 5.91 Å². The van der Waals surface area contributed by atoms with Gasteiger partial charge in [-0.1, -0.05) is 155 Å². The van der Waals surface area contributed by atoms with Crippen LogP contribution in [0.4, 0.5) is 34.9 Å². The largest absolute Gasteiger partial charge is 0.508 e. The third-order valence-corrected chi connectivity index (χ3v) is 15.1. The summed E-state index contributed by atoms with van der Waals surface area (Å²) < 4.78 is 0. The normalized spacial score (nSPS) is 13.6. The highest BCUT2D eigenvalue weighted by molar-refractivity contribution is 5.96. The maximum atomic E-state index is 15.1. The van der Waals surface area contributed by atoms with Crippen molar-refractivity contribution in [1.29, 1.82) is 0 Å². The number of fused-ring (bicyclic) bond motifs is 3. The Morgan fingerprint density at radius 1 is 0.595 bits per heavy atom. The number of carbonyl (C=O) groups excluding carboxylic acids is 1. The Morgan fingerprint density at radius 3 is 1.84 bits per heavy atom. The molecule has 2 aromatic heterocycles. The quantitative estimate of drug-likeness (QED) is 0.0734. The highest BCUT2D eigenvalue weighted by Gasteiger charge is 2.34. The molecule has 79 heavy (non-hydrogen) atoms. The number of hydrogen-bond donors (Lipinski definition) is 4. The van der Waals surface area contributed by atoms with Crippen LogP contribution in [0.25, 0.3) is 32.9 Å². The summed E-state index contributed by atoms with van der Waals surface area (Å²) in [5.74, 6) is 3.07. The van der Waals surface area contributed by atoms with Crippen molar-refractivity contribution in [2.24, 2.45) is 0 Å². The molecule has 11 rings (SSSR count). The molecule has 10 aromatic rings. The Hall–Kier alpha value is -9.13. The first-order valence-electron chi connectivity index (χ1n) is 27.1. The molecule has 2 unspecified atom stereocenters. The minimum atomic E-state index is -0.829. The number of nitrogens with zero attached hydrogens (tertiary/aromatic N) is 7. The predicted molar refractivity (Wildman–Crippen MR) is 320 cm³/mol. The first kappa shape index (κ1) is 51.9. The summed E-state index contributed by atoms with van der Waals surface area (Å²) in [6, 6.07) is 62.0. The van der Waals surface area contributed by atoms with Gasteiger partial charge in [0.1, 0.15) is 17.4 Å². The van der Waals surface area contributed by atoms with Crippen molar-refractivity contribution in [3.63, 3.8) is 0 Å². The summed E-state index contributed by atoms with van der Waals surface area (Å²) in [6.45, 7) is 10.1. The van der Waals surface area contributed by atoms with Crippen LogP contribution in [0.15, 0.2) is 188 Å². The zero-order chi connectivity index (χ0) is 54.7. The fraction of sp³-hybridized carbons (Fsp3) is 0.209. The molecule has 0 saturated heterocycles. The number of aromatic nitrogens is 4. The van der Waals surface area contributed by atoms with E-state index in [1.54, 1.807) is 24.3 Å². The number of aliphatic hydroxyl groups excluding tert-OH is 1. The molecule has 12 heteroatoms. The van der Waals surface area contributed by atoms with Crippen molar-refractivity contribution in [3.05, 3.63) is 233 Å². The van der Waals surface area contributed by atoms with Gasteiger partial charge < -0.3 is 35.5 Å². The van der Waals surface area contributed by atoms with E-state index in [4.69, 9.17) is 19.9 Å². The van der Waals surface area contributed by atoms with E-state index in [9.17, 15) is 10.2 Å². The lowest BCUT2D eigenvalue weighted by molar-refractivity contribution is 0.0694.